The summed E-state index contributed by atoms with van der Waals surface area (Å²) in [5, 5.41) is 5.37. The Labute approximate surface area is 153 Å². The van der Waals surface area contributed by atoms with E-state index >= 15 is 0 Å². The Hall–Kier alpha value is -3.15. The fourth-order valence-corrected chi connectivity index (χ4v) is 2.19. The van der Waals surface area contributed by atoms with E-state index < -0.39 is 0 Å². The van der Waals surface area contributed by atoms with E-state index in [4.69, 9.17) is 4.74 Å². The molecule has 0 spiro atoms. The number of carbonyl (C=O) groups is 2. The number of nitrogens with zero attached hydrogens (tertiary/aromatic N) is 1. The van der Waals surface area contributed by atoms with E-state index in [0.717, 1.165) is 11.1 Å². The van der Waals surface area contributed by atoms with Crippen molar-refractivity contribution in [1.29, 1.82) is 0 Å². The van der Waals surface area contributed by atoms with Crippen molar-refractivity contribution in [2.45, 2.75) is 26.5 Å². The molecule has 0 radical (unpaired) electrons. The highest BCUT2D eigenvalue weighted by Gasteiger charge is 2.07. The number of aromatic nitrogens is 1. The van der Waals surface area contributed by atoms with Crippen molar-refractivity contribution in [2.24, 2.45) is 0 Å². The summed E-state index contributed by atoms with van der Waals surface area (Å²) in [7, 11) is 1.58. The van der Waals surface area contributed by atoms with Gasteiger partial charge in [0.15, 0.2) is 0 Å². The highest BCUT2D eigenvalue weighted by Crippen LogP contribution is 2.15. The third kappa shape index (κ3) is 5.73. The first kappa shape index (κ1) is 19.2. The molecule has 0 bridgehead atoms. The minimum atomic E-state index is -0.222. The van der Waals surface area contributed by atoms with Crippen LogP contribution in [0.2, 0.25) is 0 Å². The molecule has 0 saturated heterocycles. The molecule has 1 aromatic carbocycles. The normalized spacial score (nSPS) is 10.8. The van der Waals surface area contributed by atoms with Crippen LogP contribution in [0.15, 0.2) is 48.7 Å². The molecule has 0 aliphatic heterocycles. The van der Waals surface area contributed by atoms with E-state index in [1.165, 1.54) is 6.08 Å². The predicted octanol–water partition coefficient (Wildman–Crippen LogP) is 2.56. The van der Waals surface area contributed by atoms with Crippen LogP contribution in [0.4, 0.5) is 0 Å². The van der Waals surface area contributed by atoms with Crippen LogP contribution in [0.1, 0.15) is 35.3 Å². The molecule has 1 heterocycles. The third-order valence-electron chi connectivity index (χ3n) is 3.48. The van der Waals surface area contributed by atoms with Crippen LogP contribution in [-0.2, 0) is 11.3 Å². The molecule has 2 N–H and O–H groups in total. The fourth-order valence-electron chi connectivity index (χ4n) is 2.19. The average molecular weight is 353 g/mol. The molecule has 2 aromatic rings. The van der Waals surface area contributed by atoms with Crippen LogP contribution in [-0.4, -0.2) is 29.9 Å². The number of rotatable bonds is 7. The van der Waals surface area contributed by atoms with Crippen LogP contribution < -0.4 is 15.4 Å². The second-order valence-corrected chi connectivity index (χ2v) is 5.89. The second kappa shape index (κ2) is 9.36. The third-order valence-corrected chi connectivity index (χ3v) is 3.48. The maximum atomic E-state index is 12.0. The van der Waals surface area contributed by atoms with Gasteiger partial charge in [-0.3, -0.25) is 9.59 Å². The van der Waals surface area contributed by atoms with Crippen LogP contribution in [0.3, 0.4) is 0 Å². The van der Waals surface area contributed by atoms with Gasteiger partial charge in [-0.1, -0.05) is 18.2 Å². The quantitative estimate of drug-likeness (QED) is 0.750. The Balaban J connectivity index is 1.93. The summed E-state index contributed by atoms with van der Waals surface area (Å²) < 4.78 is 5.63. The molecule has 0 unspecified atom stereocenters. The molecule has 2 rings (SSSR count). The zero-order chi connectivity index (χ0) is 18.9. The van der Waals surface area contributed by atoms with E-state index in [1.807, 2.05) is 19.9 Å². The topological polar surface area (TPSA) is 80.3 Å². The Morgan fingerprint density at radius 3 is 2.58 bits per heavy atom. The summed E-state index contributed by atoms with van der Waals surface area (Å²) in [6, 6.07) is 10.7. The molecule has 0 fully saturated rings. The average Bonchev–Trinajstić information content (AvgIpc) is 2.65. The van der Waals surface area contributed by atoms with Crippen molar-refractivity contribution in [3.8, 4) is 5.88 Å². The SMILES string of the molecule is CNC(=O)c1ccc(/C=C/C(=O)NCc2cccnc2OC(C)C)cc1. The number of benzene rings is 1. The van der Waals surface area contributed by atoms with Gasteiger partial charge in [-0.25, -0.2) is 4.98 Å². The summed E-state index contributed by atoms with van der Waals surface area (Å²) in [5.41, 5.74) is 2.22. The van der Waals surface area contributed by atoms with E-state index in [2.05, 4.69) is 15.6 Å². The van der Waals surface area contributed by atoms with Crippen molar-refractivity contribution >= 4 is 17.9 Å². The number of nitrogens with one attached hydrogen (secondary N) is 2. The van der Waals surface area contributed by atoms with Gasteiger partial charge in [0.25, 0.3) is 5.91 Å². The van der Waals surface area contributed by atoms with E-state index in [9.17, 15) is 9.59 Å². The number of hydrogen-bond acceptors (Lipinski definition) is 4. The summed E-state index contributed by atoms with van der Waals surface area (Å²) in [6.45, 7) is 4.18. The van der Waals surface area contributed by atoms with Crippen molar-refractivity contribution < 1.29 is 14.3 Å². The number of carbonyl (C=O) groups excluding carboxylic acids is 2. The molecule has 136 valence electrons. The number of ether oxygens (including phenoxy) is 1. The molecule has 2 amide bonds. The van der Waals surface area contributed by atoms with Crippen LogP contribution >= 0.6 is 0 Å². The smallest absolute Gasteiger partial charge is 0.251 e. The van der Waals surface area contributed by atoms with Gasteiger partial charge in [-0.05, 0) is 43.7 Å². The Morgan fingerprint density at radius 2 is 1.92 bits per heavy atom. The Kier molecular flexibility index (Phi) is 6.91. The molecular formula is C20H23N3O3. The lowest BCUT2D eigenvalue weighted by atomic mass is 10.1. The lowest BCUT2D eigenvalue weighted by Gasteiger charge is -2.12. The minimum Gasteiger partial charge on any atom is -0.475 e. The standard InChI is InChI=1S/C20H23N3O3/c1-14(2)26-20-17(5-4-12-22-20)13-23-18(24)11-8-15-6-9-16(10-7-15)19(25)21-3/h4-12,14H,13H2,1-3H3,(H,21,25)(H,23,24)/b11-8+. The number of pyridine rings is 1. The lowest BCUT2D eigenvalue weighted by molar-refractivity contribution is -0.116. The molecule has 6 heteroatoms. The fraction of sp³-hybridized carbons (Fsp3) is 0.250. The van der Waals surface area contributed by atoms with Crippen molar-refractivity contribution in [2.75, 3.05) is 7.05 Å². The van der Waals surface area contributed by atoms with Gasteiger partial charge in [0.1, 0.15) is 0 Å². The highest BCUT2D eigenvalue weighted by molar-refractivity contribution is 5.94. The van der Waals surface area contributed by atoms with Gasteiger partial charge >= 0.3 is 0 Å². The zero-order valence-electron chi connectivity index (χ0n) is 15.2. The van der Waals surface area contributed by atoms with Crippen LogP contribution in [0, 0.1) is 0 Å². The maximum Gasteiger partial charge on any atom is 0.251 e. The minimum absolute atomic E-state index is 0.0111. The first-order valence-corrected chi connectivity index (χ1v) is 8.38. The van der Waals surface area contributed by atoms with E-state index in [0.29, 0.717) is 18.0 Å². The van der Waals surface area contributed by atoms with Crippen LogP contribution in [0.5, 0.6) is 5.88 Å². The Morgan fingerprint density at radius 1 is 1.19 bits per heavy atom. The van der Waals surface area contributed by atoms with Gasteiger partial charge in [0.2, 0.25) is 11.8 Å². The Bertz CT molecular complexity index is 783. The number of amides is 2. The molecule has 0 aliphatic carbocycles. The van der Waals surface area contributed by atoms with Crippen molar-refractivity contribution in [3.63, 3.8) is 0 Å². The first-order valence-electron chi connectivity index (χ1n) is 8.38. The van der Waals surface area contributed by atoms with Gasteiger partial charge in [-0.15, -0.1) is 0 Å². The summed E-state index contributed by atoms with van der Waals surface area (Å²) >= 11 is 0. The molecule has 0 atom stereocenters. The van der Waals surface area contributed by atoms with Gasteiger partial charge in [0.05, 0.1) is 6.10 Å². The zero-order valence-corrected chi connectivity index (χ0v) is 15.2. The highest BCUT2D eigenvalue weighted by atomic mass is 16.5. The monoisotopic (exact) mass is 353 g/mol. The molecule has 1 aromatic heterocycles. The van der Waals surface area contributed by atoms with Gasteiger partial charge in [0, 0.05) is 37.0 Å². The predicted molar refractivity (Wildman–Crippen MR) is 101 cm³/mol. The van der Waals surface area contributed by atoms with Crippen molar-refractivity contribution in [3.05, 3.63) is 65.4 Å². The molecule has 0 aliphatic rings. The lowest BCUT2D eigenvalue weighted by Crippen LogP contribution is -2.21. The summed E-state index contributed by atoms with van der Waals surface area (Å²) in [5.74, 6) is 0.158. The van der Waals surface area contributed by atoms with Crippen molar-refractivity contribution in [1.82, 2.24) is 15.6 Å². The largest absolute Gasteiger partial charge is 0.475 e. The first-order chi connectivity index (χ1) is 12.5. The molecule has 26 heavy (non-hydrogen) atoms. The molecular weight excluding hydrogens is 330 g/mol. The second-order valence-electron chi connectivity index (χ2n) is 5.89. The van der Waals surface area contributed by atoms with E-state index in [-0.39, 0.29) is 17.9 Å². The van der Waals surface area contributed by atoms with E-state index in [1.54, 1.807) is 49.7 Å². The van der Waals surface area contributed by atoms with Gasteiger partial charge < -0.3 is 15.4 Å². The maximum absolute atomic E-state index is 12.0. The summed E-state index contributed by atoms with van der Waals surface area (Å²) in [4.78, 5) is 27.7. The summed E-state index contributed by atoms with van der Waals surface area (Å²) in [6.07, 6.45) is 4.81. The van der Waals surface area contributed by atoms with Crippen LogP contribution in [0.25, 0.3) is 6.08 Å². The van der Waals surface area contributed by atoms with Gasteiger partial charge in [-0.2, -0.15) is 0 Å². The molecule has 6 nitrogen and oxygen atoms in total. The molecule has 0 saturated carbocycles. The number of hydrogen-bond donors (Lipinski definition) is 2.